The van der Waals surface area contributed by atoms with Crippen molar-refractivity contribution < 1.29 is 18.0 Å². The van der Waals surface area contributed by atoms with Crippen LogP contribution in [0.2, 0.25) is 0 Å². The lowest BCUT2D eigenvalue weighted by Crippen LogP contribution is -2.35. The lowest BCUT2D eigenvalue weighted by molar-refractivity contribution is -0.137. The molecule has 2 aliphatic rings. The summed E-state index contributed by atoms with van der Waals surface area (Å²) in [6.07, 6.45) is -0.274. The van der Waals surface area contributed by atoms with Gasteiger partial charge >= 0.3 is 6.18 Å². The molecule has 1 amide bonds. The molecule has 0 spiro atoms. The Morgan fingerprint density at radius 2 is 2.00 bits per heavy atom. The molecule has 2 aromatic rings. The molecule has 0 unspecified atom stereocenters. The predicted molar refractivity (Wildman–Crippen MR) is 91.8 cm³/mol. The first-order valence-corrected chi connectivity index (χ1v) is 8.62. The summed E-state index contributed by atoms with van der Waals surface area (Å²) in [5.41, 5.74) is 1.69. The summed E-state index contributed by atoms with van der Waals surface area (Å²) >= 11 is 0. The van der Waals surface area contributed by atoms with Gasteiger partial charge in [-0.15, -0.1) is 0 Å². The molecule has 1 N–H and O–H groups in total. The zero-order valence-electron chi connectivity index (χ0n) is 14.0. The van der Waals surface area contributed by atoms with Crippen molar-refractivity contribution in [2.24, 2.45) is 0 Å². The number of nitrogens with zero attached hydrogens (tertiary/aromatic N) is 2. The highest BCUT2D eigenvalue weighted by atomic mass is 19.4. The van der Waals surface area contributed by atoms with E-state index in [1.165, 1.54) is 25.1 Å². The van der Waals surface area contributed by atoms with Crippen molar-refractivity contribution in [3.05, 3.63) is 47.8 Å². The van der Waals surface area contributed by atoms with Crippen LogP contribution in [0.25, 0.3) is 11.1 Å². The zero-order valence-corrected chi connectivity index (χ0v) is 14.0. The molecule has 0 atom stereocenters. The van der Waals surface area contributed by atoms with Crippen LogP contribution in [0.15, 0.2) is 36.5 Å². The molecule has 1 aromatic carbocycles. The smallest absolute Gasteiger partial charge is 0.312 e. The minimum atomic E-state index is -4.39. The fourth-order valence-electron chi connectivity index (χ4n) is 3.17. The lowest BCUT2D eigenvalue weighted by Gasteiger charge is -2.18. The number of alkyl halides is 3. The van der Waals surface area contributed by atoms with Crippen molar-refractivity contribution in [3.8, 4) is 11.1 Å². The standard InChI is InChI=1S/C19H18F3N3O/c20-19(21,22)14-3-1-2-12(8-14)13-9-17-16(24-11-13)10-18(26)25(17)7-6-23-15-4-5-15/h1-3,8-9,11,15,23H,4-7,10H2. The maximum Gasteiger partial charge on any atom is 0.416 e. The molecule has 1 aliphatic carbocycles. The van der Waals surface area contributed by atoms with Gasteiger partial charge in [-0.05, 0) is 36.6 Å². The topological polar surface area (TPSA) is 45.2 Å². The van der Waals surface area contributed by atoms with Crippen molar-refractivity contribution in [1.82, 2.24) is 10.3 Å². The van der Waals surface area contributed by atoms with Gasteiger partial charge in [0.25, 0.3) is 0 Å². The number of aromatic nitrogens is 1. The summed E-state index contributed by atoms with van der Waals surface area (Å²) in [4.78, 5) is 18.3. The number of rotatable bonds is 5. The maximum absolute atomic E-state index is 13.0. The number of anilines is 1. The number of nitrogens with one attached hydrogen (secondary N) is 1. The fraction of sp³-hybridized carbons (Fsp3) is 0.368. The summed E-state index contributed by atoms with van der Waals surface area (Å²) < 4.78 is 38.9. The summed E-state index contributed by atoms with van der Waals surface area (Å²) in [6.45, 7) is 1.24. The van der Waals surface area contributed by atoms with Crippen LogP contribution in [-0.2, 0) is 17.4 Å². The molecular formula is C19H18F3N3O. The molecule has 2 heterocycles. The number of carbonyl (C=O) groups is 1. The van der Waals surface area contributed by atoms with E-state index in [9.17, 15) is 18.0 Å². The average Bonchev–Trinajstić information content (AvgIpc) is 3.37. The van der Waals surface area contributed by atoms with Crippen molar-refractivity contribution in [3.63, 3.8) is 0 Å². The highest BCUT2D eigenvalue weighted by molar-refractivity contribution is 6.01. The van der Waals surface area contributed by atoms with Crippen LogP contribution < -0.4 is 10.2 Å². The second-order valence-corrected chi connectivity index (χ2v) is 6.72. The van der Waals surface area contributed by atoms with Crippen molar-refractivity contribution in [1.29, 1.82) is 0 Å². The molecule has 0 bridgehead atoms. The minimum absolute atomic E-state index is 0.0220. The van der Waals surface area contributed by atoms with E-state index in [1.807, 2.05) is 0 Å². The Morgan fingerprint density at radius 1 is 1.19 bits per heavy atom. The third-order valence-electron chi connectivity index (χ3n) is 4.73. The van der Waals surface area contributed by atoms with Crippen LogP contribution in [0.1, 0.15) is 24.1 Å². The Hall–Kier alpha value is -2.41. The normalized spacial score (nSPS) is 16.9. The van der Waals surface area contributed by atoms with Gasteiger partial charge in [-0.25, -0.2) is 0 Å². The largest absolute Gasteiger partial charge is 0.416 e. The van der Waals surface area contributed by atoms with E-state index in [1.54, 1.807) is 17.0 Å². The Balaban J connectivity index is 1.60. The second-order valence-electron chi connectivity index (χ2n) is 6.72. The van der Waals surface area contributed by atoms with E-state index in [0.717, 1.165) is 12.1 Å². The Kier molecular flexibility index (Phi) is 4.19. The van der Waals surface area contributed by atoms with E-state index >= 15 is 0 Å². The SMILES string of the molecule is O=C1Cc2ncc(-c3cccc(C(F)(F)F)c3)cc2N1CCNC1CC1. The first-order chi connectivity index (χ1) is 12.4. The van der Waals surface area contributed by atoms with E-state index in [2.05, 4.69) is 10.3 Å². The Morgan fingerprint density at radius 3 is 2.73 bits per heavy atom. The van der Waals surface area contributed by atoms with Gasteiger partial charge in [0.05, 0.1) is 23.4 Å². The monoisotopic (exact) mass is 361 g/mol. The van der Waals surface area contributed by atoms with Gasteiger partial charge < -0.3 is 10.2 Å². The van der Waals surface area contributed by atoms with Gasteiger partial charge in [0.2, 0.25) is 5.91 Å². The van der Waals surface area contributed by atoms with E-state index < -0.39 is 11.7 Å². The van der Waals surface area contributed by atoms with Gasteiger partial charge in [0.1, 0.15) is 0 Å². The van der Waals surface area contributed by atoms with Crippen molar-refractivity contribution in [2.75, 3.05) is 18.0 Å². The van der Waals surface area contributed by atoms with Crippen molar-refractivity contribution in [2.45, 2.75) is 31.5 Å². The highest BCUT2D eigenvalue weighted by Crippen LogP contribution is 2.35. The first-order valence-electron chi connectivity index (χ1n) is 8.62. The molecule has 1 fully saturated rings. The van der Waals surface area contributed by atoms with Crippen LogP contribution in [0, 0.1) is 0 Å². The Labute approximate surface area is 149 Å². The summed E-state index contributed by atoms with van der Waals surface area (Å²) in [6, 6.07) is 7.48. The summed E-state index contributed by atoms with van der Waals surface area (Å²) in [5.74, 6) is -0.0220. The van der Waals surface area contributed by atoms with Crippen LogP contribution >= 0.6 is 0 Å². The van der Waals surface area contributed by atoms with Gasteiger partial charge in [-0.1, -0.05) is 12.1 Å². The van der Waals surface area contributed by atoms with Crippen molar-refractivity contribution >= 4 is 11.6 Å². The average molecular weight is 361 g/mol. The van der Waals surface area contributed by atoms with E-state index in [0.29, 0.717) is 41.6 Å². The van der Waals surface area contributed by atoms with Crippen LogP contribution in [0.4, 0.5) is 18.9 Å². The summed E-state index contributed by atoms with van der Waals surface area (Å²) in [5, 5.41) is 3.37. The van der Waals surface area contributed by atoms with Crippen LogP contribution in [-0.4, -0.2) is 30.0 Å². The Bertz CT molecular complexity index is 846. The lowest BCUT2D eigenvalue weighted by atomic mass is 10.0. The first kappa shape index (κ1) is 17.0. The number of halogens is 3. The molecule has 4 rings (SSSR count). The van der Waals surface area contributed by atoms with Gasteiger partial charge in [-0.2, -0.15) is 13.2 Å². The molecule has 1 aromatic heterocycles. The maximum atomic E-state index is 13.0. The van der Waals surface area contributed by atoms with E-state index in [4.69, 9.17) is 0 Å². The number of amides is 1. The third kappa shape index (κ3) is 3.44. The van der Waals surface area contributed by atoms with Gasteiger partial charge in [-0.3, -0.25) is 9.78 Å². The third-order valence-corrected chi connectivity index (χ3v) is 4.73. The van der Waals surface area contributed by atoms with Crippen LogP contribution in [0.3, 0.4) is 0 Å². The molecular weight excluding hydrogens is 343 g/mol. The quantitative estimate of drug-likeness (QED) is 0.888. The molecule has 1 aliphatic heterocycles. The minimum Gasteiger partial charge on any atom is -0.312 e. The van der Waals surface area contributed by atoms with Gasteiger partial charge in [0, 0.05) is 30.9 Å². The molecule has 0 radical (unpaired) electrons. The molecule has 4 nitrogen and oxygen atoms in total. The number of pyridine rings is 1. The van der Waals surface area contributed by atoms with E-state index in [-0.39, 0.29) is 12.3 Å². The number of hydrogen-bond donors (Lipinski definition) is 1. The molecule has 1 saturated carbocycles. The predicted octanol–water partition coefficient (Wildman–Crippen LogP) is 3.41. The number of hydrogen-bond acceptors (Lipinski definition) is 3. The fourth-order valence-corrected chi connectivity index (χ4v) is 3.17. The molecule has 0 saturated heterocycles. The molecule has 26 heavy (non-hydrogen) atoms. The number of fused-ring (bicyclic) bond motifs is 1. The zero-order chi connectivity index (χ0) is 18.3. The molecule has 7 heteroatoms. The summed E-state index contributed by atoms with van der Waals surface area (Å²) in [7, 11) is 0. The highest BCUT2D eigenvalue weighted by Gasteiger charge is 2.31. The number of benzene rings is 1. The van der Waals surface area contributed by atoms with Gasteiger partial charge in [0.15, 0.2) is 0 Å². The van der Waals surface area contributed by atoms with Crippen LogP contribution in [0.5, 0.6) is 0 Å². The second kappa shape index (κ2) is 6.39. The molecule has 136 valence electrons. The number of carbonyl (C=O) groups excluding carboxylic acids is 1.